The van der Waals surface area contributed by atoms with Crippen molar-refractivity contribution >= 4 is 12.1 Å². The van der Waals surface area contributed by atoms with Gasteiger partial charge in [0, 0.05) is 6.42 Å². The van der Waals surface area contributed by atoms with Gasteiger partial charge >= 0.3 is 12.1 Å². The summed E-state index contributed by atoms with van der Waals surface area (Å²) in [5.74, 6) is -0.657. The zero-order chi connectivity index (χ0) is 13.8. The van der Waals surface area contributed by atoms with Crippen LogP contribution in [0.25, 0.3) is 0 Å². The molecule has 1 amide bonds. The van der Waals surface area contributed by atoms with E-state index in [-0.39, 0.29) is 6.42 Å². The topological polar surface area (TPSA) is 88.8 Å². The van der Waals surface area contributed by atoms with E-state index in [9.17, 15) is 9.59 Å². The lowest BCUT2D eigenvalue weighted by atomic mass is 10.1. The first-order valence-corrected chi connectivity index (χ1v) is 5.52. The number of rotatable bonds is 4. The fraction of sp³-hybridized carbons (Fsp3) is 0.500. The Labute approximate surface area is 105 Å². The Kier molecular flexibility index (Phi) is 4.36. The van der Waals surface area contributed by atoms with Gasteiger partial charge in [-0.25, -0.2) is 9.59 Å². The van der Waals surface area contributed by atoms with Gasteiger partial charge < -0.3 is 19.6 Å². The van der Waals surface area contributed by atoms with Crippen LogP contribution in [-0.4, -0.2) is 28.8 Å². The second kappa shape index (κ2) is 5.57. The fourth-order valence-corrected chi connectivity index (χ4v) is 1.28. The van der Waals surface area contributed by atoms with E-state index in [1.807, 2.05) is 0 Å². The zero-order valence-corrected chi connectivity index (χ0v) is 10.6. The molecule has 1 heterocycles. The van der Waals surface area contributed by atoms with Crippen LogP contribution in [0.4, 0.5) is 4.79 Å². The van der Waals surface area contributed by atoms with E-state index in [4.69, 9.17) is 14.3 Å². The summed E-state index contributed by atoms with van der Waals surface area (Å²) in [6, 6.07) is 2.22. The highest BCUT2D eigenvalue weighted by molar-refractivity contribution is 5.80. The molecule has 0 radical (unpaired) electrons. The molecule has 1 aromatic rings. The SMILES string of the molecule is CC(C)(C)OC(=O)N[C@H](Cc1ccco1)C(=O)O. The number of carbonyl (C=O) groups is 2. The summed E-state index contributed by atoms with van der Waals surface area (Å²) in [5, 5.41) is 11.3. The number of amides is 1. The third-order valence-corrected chi connectivity index (χ3v) is 1.97. The van der Waals surface area contributed by atoms with Crippen LogP contribution in [-0.2, 0) is 16.0 Å². The Hall–Kier alpha value is -1.98. The molecule has 0 fully saturated rings. The Morgan fingerprint density at radius 1 is 1.50 bits per heavy atom. The van der Waals surface area contributed by atoms with Crippen LogP contribution in [0.15, 0.2) is 22.8 Å². The van der Waals surface area contributed by atoms with Crippen LogP contribution in [0.2, 0.25) is 0 Å². The smallest absolute Gasteiger partial charge is 0.408 e. The van der Waals surface area contributed by atoms with Crippen molar-refractivity contribution in [3.63, 3.8) is 0 Å². The van der Waals surface area contributed by atoms with Crippen molar-refractivity contribution in [2.45, 2.75) is 38.8 Å². The normalized spacial score (nSPS) is 12.8. The van der Waals surface area contributed by atoms with Crippen LogP contribution in [0.3, 0.4) is 0 Å². The van der Waals surface area contributed by atoms with Gasteiger partial charge in [-0.15, -0.1) is 0 Å². The molecule has 1 atom stereocenters. The van der Waals surface area contributed by atoms with Gasteiger partial charge in [0.25, 0.3) is 0 Å². The number of carboxylic acid groups (broad SMARTS) is 1. The van der Waals surface area contributed by atoms with Crippen LogP contribution < -0.4 is 5.32 Å². The first kappa shape index (κ1) is 14.1. The number of nitrogens with one attached hydrogen (secondary N) is 1. The molecule has 2 N–H and O–H groups in total. The van der Waals surface area contributed by atoms with Gasteiger partial charge in [-0.1, -0.05) is 0 Å². The Balaban J connectivity index is 2.58. The molecule has 1 rings (SSSR count). The molecule has 0 aliphatic rings. The molecule has 6 heteroatoms. The van der Waals surface area contributed by atoms with E-state index in [2.05, 4.69) is 5.32 Å². The lowest BCUT2D eigenvalue weighted by Crippen LogP contribution is -2.44. The summed E-state index contributed by atoms with van der Waals surface area (Å²) in [6.45, 7) is 5.11. The highest BCUT2D eigenvalue weighted by Gasteiger charge is 2.24. The third-order valence-electron chi connectivity index (χ3n) is 1.97. The highest BCUT2D eigenvalue weighted by Crippen LogP contribution is 2.08. The largest absolute Gasteiger partial charge is 0.480 e. The minimum absolute atomic E-state index is 0.0710. The van der Waals surface area contributed by atoms with Gasteiger partial charge in [0.1, 0.15) is 17.4 Å². The highest BCUT2D eigenvalue weighted by atomic mass is 16.6. The third kappa shape index (κ3) is 4.90. The maximum Gasteiger partial charge on any atom is 0.408 e. The van der Waals surface area contributed by atoms with Gasteiger partial charge in [-0.05, 0) is 32.9 Å². The summed E-state index contributed by atoms with van der Waals surface area (Å²) in [7, 11) is 0. The molecule has 6 nitrogen and oxygen atoms in total. The van der Waals surface area contributed by atoms with E-state index in [0.29, 0.717) is 5.76 Å². The standard InChI is InChI=1S/C12H17NO5/c1-12(2,3)18-11(16)13-9(10(14)15)7-8-5-4-6-17-8/h4-6,9H,7H2,1-3H3,(H,13,16)(H,14,15)/t9-/m1/s1. The van der Waals surface area contributed by atoms with Crippen molar-refractivity contribution in [2.75, 3.05) is 0 Å². The molecule has 0 saturated carbocycles. The Morgan fingerprint density at radius 3 is 2.61 bits per heavy atom. The molecule has 1 aromatic heterocycles. The monoisotopic (exact) mass is 255 g/mol. The average molecular weight is 255 g/mol. The molecule has 100 valence electrons. The van der Waals surface area contributed by atoms with E-state index < -0.39 is 23.7 Å². The fourth-order valence-electron chi connectivity index (χ4n) is 1.28. The van der Waals surface area contributed by atoms with Gasteiger partial charge in [-0.2, -0.15) is 0 Å². The number of furan rings is 1. The van der Waals surface area contributed by atoms with Crippen molar-refractivity contribution < 1.29 is 23.8 Å². The van der Waals surface area contributed by atoms with Crippen molar-refractivity contribution in [2.24, 2.45) is 0 Å². The number of aliphatic carboxylic acids is 1. The van der Waals surface area contributed by atoms with Gasteiger partial charge in [0.2, 0.25) is 0 Å². The molecular formula is C12H17NO5. The average Bonchev–Trinajstić information content (AvgIpc) is 2.66. The summed E-state index contributed by atoms with van der Waals surface area (Å²) in [4.78, 5) is 22.5. The van der Waals surface area contributed by atoms with Crippen LogP contribution in [0, 0.1) is 0 Å². The molecule has 0 unspecified atom stereocenters. The maximum absolute atomic E-state index is 11.5. The molecule has 0 spiro atoms. The lowest BCUT2D eigenvalue weighted by Gasteiger charge is -2.21. The molecule has 0 aliphatic carbocycles. The number of alkyl carbamates (subject to hydrolysis) is 1. The van der Waals surface area contributed by atoms with Crippen LogP contribution >= 0.6 is 0 Å². The van der Waals surface area contributed by atoms with Crippen LogP contribution in [0.5, 0.6) is 0 Å². The Morgan fingerprint density at radius 2 is 2.17 bits per heavy atom. The molecule has 18 heavy (non-hydrogen) atoms. The maximum atomic E-state index is 11.5. The molecule has 0 saturated heterocycles. The molecule has 0 aromatic carbocycles. The van der Waals surface area contributed by atoms with Crippen molar-refractivity contribution in [1.82, 2.24) is 5.32 Å². The summed E-state index contributed by atoms with van der Waals surface area (Å²) in [5.41, 5.74) is -0.669. The van der Waals surface area contributed by atoms with Gasteiger partial charge in [0.05, 0.1) is 6.26 Å². The predicted molar refractivity (Wildman–Crippen MR) is 63.2 cm³/mol. The summed E-state index contributed by atoms with van der Waals surface area (Å²) < 4.78 is 10.0. The number of hydrogen-bond acceptors (Lipinski definition) is 4. The first-order valence-electron chi connectivity index (χ1n) is 5.52. The second-order valence-corrected chi connectivity index (χ2v) is 4.82. The van der Waals surface area contributed by atoms with Crippen molar-refractivity contribution in [1.29, 1.82) is 0 Å². The number of ether oxygens (including phenoxy) is 1. The van der Waals surface area contributed by atoms with Crippen LogP contribution in [0.1, 0.15) is 26.5 Å². The first-order chi connectivity index (χ1) is 8.28. The van der Waals surface area contributed by atoms with Gasteiger partial charge in [-0.3, -0.25) is 0 Å². The van der Waals surface area contributed by atoms with Gasteiger partial charge in [0.15, 0.2) is 0 Å². The minimum Gasteiger partial charge on any atom is -0.480 e. The molecule has 0 aliphatic heterocycles. The molecular weight excluding hydrogens is 238 g/mol. The molecule has 0 bridgehead atoms. The number of carbonyl (C=O) groups excluding carboxylic acids is 1. The Bertz CT molecular complexity index is 405. The summed E-state index contributed by atoms with van der Waals surface area (Å²) in [6.07, 6.45) is 0.755. The number of carboxylic acids is 1. The van der Waals surface area contributed by atoms with E-state index in [0.717, 1.165) is 0 Å². The zero-order valence-electron chi connectivity index (χ0n) is 10.6. The minimum atomic E-state index is -1.14. The quantitative estimate of drug-likeness (QED) is 0.856. The van der Waals surface area contributed by atoms with E-state index in [1.54, 1.807) is 32.9 Å². The van der Waals surface area contributed by atoms with E-state index >= 15 is 0 Å². The lowest BCUT2D eigenvalue weighted by molar-refractivity contribution is -0.139. The van der Waals surface area contributed by atoms with E-state index in [1.165, 1.54) is 6.26 Å². The number of hydrogen-bond donors (Lipinski definition) is 2. The van der Waals surface area contributed by atoms with Crippen molar-refractivity contribution in [3.8, 4) is 0 Å². The summed E-state index contributed by atoms with van der Waals surface area (Å²) >= 11 is 0. The second-order valence-electron chi connectivity index (χ2n) is 4.82. The predicted octanol–water partition coefficient (Wildman–Crippen LogP) is 1.80. The van der Waals surface area contributed by atoms with Crippen molar-refractivity contribution in [3.05, 3.63) is 24.2 Å².